The first kappa shape index (κ1) is 19.5. The molecule has 0 bridgehead atoms. The predicted octanol–water partition coefficient (Wildman–Crippen LogP) is 5.79. The highest BCUT2D eigenvalue weighted by Gasteiger charge is 1.97. The summed E-state index contributed by atoms with van der Waals surface area (Å²) in [5.41, 5.74) is 6.25. The Hall–Kier alpha value is -4.51. The molecule has 5 aromatic rings. The lowest BCUT2D eigenvalue weighted by Crippen LogP contribution is -1.89. The second kappa shape index (κ2) is 9.10. The first-order valence-electron chi connectivity index (χ1n) is 10.3. The molecule has 5 rings (SSSR count). The third-order valence-corrected chi connectivity index (χ3v) is 5.08. The quantitative estimate of drug-likeness (QED) is 0.352. The van der Waals surface area contributed by atoms with E-state index in [-0.39, 0.29) is 0 Å². The van der Waals surface area contributed by atoms with E-state index in [1.807, 2.05) is 51.9 Å². The van der Waals surface area contributed by atoms with E-state index >= 15 is 0 Å². The SMILES string of the molecule is C(=C\c1cccc(/C=C/c2ccc(-n3ccnc3)cc2)n1)/c1ccc(-n2ccnc2)cc1. The predicted molar refractivity (Wildman–Crippen MR) is 129 cm³/mol. The Balaban J connectivity index is 1.26. The summed E-state index contributed by atoms with van der Waals surface area (Å²) < 4.78 is 3.96. The minimum atomic E-state index is 0.918. The topological polar surface area (TPSA) is 48.5 Å². The highest BCUT2D eigenvalue weighted by molar-refractivity contribution is 5.71. The fourth-order valence-electron chi connectivity index (χ4n) is 3.36. The van der Waals surface area contributed by atoms with Crippen LogP contribution in [0.15, 0.2) is 104 Å². The van der Waals surface area contributed by atoms with Crippen LogP contribution in [0.5, 0.6) is 0 Å². The highest BCUT2D eigenvalue weighted by atomic mass is 15.0. The first-order valence-corrected chi connectivity index (χ1v) is 10.3. The van der Waals surface area contributed by atoms with Gasteiger partial charge in [-0.2, -0.15) is 0 Å². The summed E-state index contributed by atoms with van der Waals surface area (Å²) >= 11 is 0. The molecule has 0 aliphatic carbocycles. The number of aromatic nitrogens is 5. The first-order chi connectivity index (χ1) is 15.8. The molecule has 5 heteroatoms. The molecular formula is C27H21N5. The van der Waals surface area contributed by atoms with Crippen molar-refractivity contribution in [3.8, 4) is 11.4 Å². The lowest BCUT2D eigenvalue weighted by molar-refractivity contribution is 1.06. The van der Waals surface area contributed by atoms with E-state index in [1.54, 1.807) is 25.0 Å². The largest absolute Gasteiger partial charge is 0.306 e. The summed E-state index contributed by atoms with van der Waals surface area (Å²) in [6.07, 6.45) is 19.2. The van der Waals surface area contributed by atoms with Crippen molar-refractivity contribution in [1.82, 2.24) is 24.1 Å². The summed E-state index contributed by atoms with van der Waals surface area (Å²) in [6, 6.07) is 22.7. The number of nitrogens with zero attached hydrogens (tertiary/aromatic N) is 5. The number of pyridine rings is 1. The Morgan fingerprint density at radius 2 is 1.00 bits per heavy atom. The second-order valence-electron chi connectivity index (χ2n) is 7.28. The maximum atomic E-state index is 4.72. The monoisotopic (exact) mass is 415 g/mol. The Morgan fingerprint density at radius 1 is 0.531 bits per heavy atom. The molecule has 0 saturated heterocycles. The van der Waals surface area contributed by atoms with Crippen LogP contribution < -0.4 is 0 Å². The molecular weight excluding hydrogens is 394 g/mol. The molecule has 32 heavy (non-hydrogen) atoms. The zero-order chi connectivity index (χ0) is 21.6. The minimum absolute atomic E-state index is 0.918. The van der Waals surface area contributed by atoms with Crippen molar-refractivity contribution < 1.29 is 0 Å². The van der Waals surface area contributed by atoms with Gasteiger partial charge in [0.25, 0.3) is 0 Å². The van der Waals surface area contributed by atoms with Gasteiger partial charge in [0, 0.05) is 36.2 Å². The summed E-state index contributed by atoms with van der Waals surface area (Å²) in [4.78, 5) is 12.9. The zero-order valence-electron chi connectivity index (χ0n) is 17.4. The number of imidazole rings is 2. The van der Waals surface area contributed by atoms with Crippen molar-refractivity contribution in [3.05, 3.63) is 127 Å². The van der Waals surface area contributed by atoms with Crippen molar-refractivity contribution in [1.29, 1.82) is 0 Å². The van der Waals surface area contributed by atoms with Crippen molar-refractivity contribution in [3.63, 3.8) is 0 Å². The Morgan fingerprint density at radius 3 is 1.41 bits per heavy atom. The number of rotatable bonds is 6. The van der Waals surface area contributed by atoms with Gasteiger partial charge in [-0.1, -0.05) is 42.5 Å². The zero-order valence-corrected chi connectivity index (χ0v) is 17.4. The van der Waals surface area contributed by atoms with Gasteiger partial charge in [0.2, 0.25) is 0 Å². The second-order valence-corrected chi connectivity index (χ2v) is 7.28. The maximum absolute atomic E-state index is 4.72. The molecule has 0 N–H and O–H groups in total. The van der Waals surface area contributed by atoms with Crippen LogP contribution in [-0.2, 0) is 0 Å². The molecule has 0 fully saturated rings. The third-order valence-electron chi connectivity index (χ3n) is 5.08. The molecule has 3 aromatic heterocycles. The van der Waals surface area contributed by atoms with E-state index in [9.17, 15) is 0 Å². The van der Waals surface area contributed by atoms with Crippen LogP contribution in [0.3, 0.4) is 0 Å². The summed E-state index contributed by atoms with van der Waals surface area (Å²) in [7, 11) is 0. The highest BCUT2D eigenvalue weighted by Crippen LogP contribution is 2.14. The van der Waals surface area contributed by atoms with E-state index in [2.05, 4.69) is 70.7 Å². The summed E-state index contributed by atoms with van der Waals surface area (Å²) in [6.45, 7) is 0. The standard InChI is InChI=1S/C27H21N5/c1-2-24(10-4-22-6-12-26(13-7-22)31-18-16-28-20-31)30-25(3-1)11-5-23-8-14-27(15-9-23)32-19-17-29-21-32/h1-21H/b10-4+,11-5+. The Labute approximate surface area is 186 Å². The van der Waals surface area contributed by atoms with E-state index < -0.39 is 0 Å². The van der Waals surface area contributed by atoms with Crippen LogP contribution in [0.1, 0.15) is 22.5 Å². The molecule has 0 atom stereocenters. The Bertz CT molecular complexity index is 1230. The normalized spacial score (nSPS) is 11.5. The molecule has 0 unspecified atom stereocenters. The van der Waals surface area contributed by atoms with Gasteiger partial charge in [0.15, 0.2) is 0 Å². The maximum Gasteiger partial charge on any atom is 0.0991 e. The van der Waals surface area contributed by atoms with Gasteiger partial charge in [-0.25, -0.2) is 15.0 Å². The number of hydrogen-bond acceptors (Lipinski definition) is 3. The van der Waals surface area contributed by atoms with Crippen LogP contribution in [0.25, 0.3) is 35.7 Å². The van der Waals surface area contributed by atoms with Gasteiger partial charge in [-0.15, -0.1) is 0 Å². The van der Waals surface area contributed by atoms with Gasteiger partial charge in [-0.05, 0) is 59.7 Å². The molecule has 0 aliphatic heterocycles. The average molecular weight is 416 g/mol. The van der Waals surface area contributed by atoms with Gasteiger partial charge < -0.3 is 9.13 Å². The molecule has 2 aromatic carbocycles. The summed E-state index contributed by atoms with van der Waals surface area (Å²) in [5, 5.41) is 0. The lowest BCUT2D eigenvalue weighted by atomic mass is 10.1. The Kier molecular flexibility index (Phi) is 5.53. The summed E-state index contributed by atoms with van der Waals surface area (Å²) in [5.74, 6) is 0. The smallest absolute Gasteiger partial charge is 0.0991 e. The molecule has 5 nitrogen and oxygen atoms in total. The van der Waals surface area contributed by atoms with E-state index in [4.69, 9.17) is 4.98 Å². The van der Waals surface area contributed by atoms with Gasteiger partial charge in [0.1, 0.15) is 0 Å². The average Bonchev–Trinajstić information content (AvgIpc) is 3.57. The van der Waals surface area contributed by atoms with Gasteiger partial charge >= 0.3 is 0 Å². The van der Waals surface area contributed by atoms with Crippen LogP contribution in [0.4, 0.5) is 0 Å². The van der Waals surface area contributed by atoms with Crippen LogP contribution in [0, 0.1) is 0 Å². The van der Waals surface area contributed by atoms with Crippen LogP contribution in [0.2, 0.25) is 0 Å². The number of hydrogen-bond donors (Lipinski definition) is 0. The van der Waals surface area contributed by atoms with Crippen molar-refractivity contribution in [2.75, 3.05) is 0 Å². The van der Waals surface area contributed by atoms with Crippen molar-refractivity contribution >= 4 is 24.3 Å². The lowest BCUT2D eigenvalue weighted by Gasteiger charge is -2.02. The van der Waals surface area contributed by atoms with E-state index in [0.29, 0.717) is 0 Å². The van der Waals surface area contributed by atoms with E-state index in [0.717, 1.165) is 33.9 Å². The minimum Gasteiger partial charge on any atom is -0.306 e. The van der Waals surface area contributed by atoms with Gasteiger partial charge in [0.05, 0.1) is 24.0 Å². The van der Waals surface area contributed by atoms with E-state index in [1.165, 1.54) is 0 Å². The molecule has 0 aliphatic rings. The molecule has 0 spiro atoms. The number of benzene rings is 2. The van der Waals surface area contributed by atoms with Crippen molar-refractivity contribution in [2.45, 2.75) is 0 Å². The molecule has 154 valence electrons. The molecule has 0 amide bonds. The van der Waals surface area contributed by atoms with Crippen LogP contribution in [-0.4, -0.2) is 24.1 Å². The third kappa shape index (κ3) is 4.63. The fraction of sp³-hybridized carbons (Fsp3) is 0. The fourth-order valence-corrected chi connectivity index (χ4v) is 3.36. The molecule has 3 heterocycles. The van der Waals surface area contributed by atoms with Gasteiger partial charge in [-0.3, -0.25) is 0 Å². The van der Waals surface area contributed by atoms with Crippen LogP contribution >= 0.6 is 0 Å². The molecule has 0 radical (unpaired) electrons. The molecule has 0 saturated carbocycles. The van der Waals surface area contributed by atoms with Crippen molar-refractivity contribution in [2.24, 2.45) is 0 Å².